The van der Waals surface area contributed by atoms with E-state index in [0.29, 0.717) is 30.1 Å². The van der Waals surface area contributed by atoms with Crippen LogP contribution in [0.3, 0.4) is 0 Å². The van der Waals surface area contributed by atoms with E-state index in [1.165, 1.54) is 19.2 Å². The Morgan fingerprint density at radius 2 is 2.30 bits per heavy atom. The molecule has 0 aliphatic carbocycles. The Bertz CT molecular complexity index is 470. The Morgan fingerprint density at radius 1 is 1.55 bits per heavy atom. The van der Waals surface area contributed by atoms with Crippen molar-refractivity contribution in [1.29, 1.82) is 0 Å². The molecule has 20 heavy (non-hydrogen) atoms. The molecule has 1 unspecified atom stereocenters. The van der Waals surface area contributed by atoms with Crippen LogP contribution in [0.4, 0.5) is 4.39 Å². The van der Waals surface area contributed by atoms with Crippen LogP contribution in [0.2, 0.25) is 0 Å². The number of ether oxygens (including phenoxy) is 1. The van der Waals surface area contributed by atoms with Crippen molar-refractivity contribution in [3.8, 4) is 0 Å². The third-order valence-corrected chi connectivity index (χ3v) is 3.50. The van der Waals surface area contributed by atoms with E-state index in [-0.39, 0.29) is 30.7 Å². The number of benzene rings is 1. The van der Waals surface area contributed by atoms with Gasteiger partial charge in [-0.25, -0.2) is 4.39 Å². The predicted octanol–water partition coefficient (Wildman–Crippen LogP) is 1.81. The molecule has 1 aliphatic heterocycles. The third kappa shape index (κ3) is 3.69. The predicted molar refractivity (Wildman–Crippen MR) is 77.4 cm³/mol. The normalized spacial score (nSPS) is 17.9. The highest BCUT2D eigenvalue weighted by Gasteiger charge is 2.26. The lowest BCUT2D eigenvalue weighted by Crippen LogP contribution is -2.30. The number of carbonyl (C=O) groups excluding carboxylic acids is 1. The molecule has 1 amide bonds. The molecule has 4 nitrogen and oxygen atoms in total. The van der Waals surface area contributed by atoms with Gasteiger partial charge in [-0.3, -0.25) is 4.79 Å². The van der Waals surface area contributed by atoms with Crippen molar-refractivity contribution in [2.75, 3.05) is 26.7 Å². The van der Waals surface area contributed by atoms with Crippen molar-refractivity contribution in [2.24, 2.45) is 11.7 Å². The molecular formula is C14H20ClFN2O2. The highest BCUT2D eigenvalue weighted by atomic mass is 35.5. The minimum atomic E-state index is -0.348. The van der Waals surface area contributed by atoms with Crippen molar-refractivity contribution in [1.82, 2.24) is 4.90 Å². The molecule has 0 aromatic heterocycles. The smallest absolute Gasteiger partial charge is 0.253 e. The number of rotatable bonds is 4. The van der Waals surface area contributed by atoms with Crippen molar-refractivity contribution in [3.63, 3.8) is 0 Å². The SMILES string of the molecule is COCc1cc(C(=O)N2CCC(CN)C2)ccc1F.Cl. The Morgan fingerprint density at radius 3 is 2.90 bits per heavy atom. The first-order valence-corrected chi connectivity index (χ1v) is 6.42. The number of methoxy groups -OCH3 is 1. The Kier molecular flexibility index (Phi) is 6.39. The van der Waals surface area contributed by atoms with Gasteiger partial charge in [-0.2, -0.15) is 0 Å². The molecule has 6 heteroatoms. The second kappa shape index (κ2) is 7.57. The molecule has 1 aliphatic rings. The van der Waals surface area contributed by atoms with E-state index in [1.54, 1.807) is 11.0 Å². The van der Waals surface area contributed by atoms with Crippen LogP contribution in [0.25, 0.3) is 0 Å². The van der Waals surface area contributed by atoms with Gasteiger partial charge in [0.15, 0.2) is 0 Å². The fraction of sp³-hybridized carbons (Fsp3) is 0.500. The van der Waals surface area contributed by atoms with E-state index in [2.05, 4.69) is 0 Å². The van der Waals surface area contributed by atoms with E-state index in [1.807, 2.05) is 0 Å². The molecule has 1 aromatic carbocycles. The molecule has 0 bridgehead atoms. The molecular weight excluding hydrogens is 283 g/mol. The molecule has 1 aromatic rings. The summed E-state index contributed by atoms with van der Waals surface area (Å²) in [6.45, 7) is 2.17. The van der Waals surface area contributed by atoms with Crippen molar-refractivity contribution in [3.05, 3.63) is 35.1 Å². The van der Waals surface area contributed by atoms with Gasteiger partial charge >= 0.3 is 0 Å². The number of nitrogens with zero attached hydrogens (tertiary/aromatic N) is 1. The number of hydrogen-bond acceptors (Lipinski definition) is 3. The monoisotopic (exact) mass is 302 g/mol. The summed E-state index contributed by atoms with van der Waals surface area (Å²) in [7, 11) is 1.50. The molecule has 0 spiro atoms. The Labute approximate surface area is 124 Å². The van der Waals surface area contributed by atoms with Crippen LogP contribution in [0.15, 0.2) is 18.2 Å². The zero-order valence-corrected chi connectivity index (χ0v) is 12.3. The van der Waals surface area contributed by atoms with Gasteiger partial charge in [0, 0.05) is 31.3 Å². The fourth-order valence-electron chi connectivity index (χ4n) is 2.37. The Balaban J connectivity index is 0.00000200. The summed E-state index contributed by atoms with van der Waals surface area (Å²) >= 11 is 0. The lowest BCUT2D eigenvalue weighted by molar-refractivity contribution is 0.0787. The number of hydrogen-bond donors (Lipinski definition) is 1. The number of likely N-dealkylation sites (tertiary alicyclic amines) is 1. The van der Waals surface area contributed by atoms with Gasteiger partial charge in [0.05, 0.1) is 6.61 Å². The topological polar surface area (TPSA) is 55.6 Å². The molecule has 1 fully saturated rings. The van der Waals surface area contributed by atoms with E-state index < -0.39 is 0 Å². The van der Waals surface area contributed by atoms with Gasteiger partial charge in [0.25, 0.3) is 5.91 Å². The summed E-state index contributed by atoms with van der Waals surface area (Å²) < 4.78 is 18.4. The first kappa shape index (κ1) is 16.9. The molecule has 1 atom stereocenters. The minimum Gasteiger partial charge on any atom is -0.380 e. The zero-order chi connectivity index (χ0) is 13.8. The van der Waals surface area contributed by atoms with Gasteiger partial charge < -0.3 is 15.4 Å². The molecule has 0 saturated carbocycles. The van der Waals surface area contributed by atoms with Crippen LogP contribution >= 0.6 is 12.4 Å². The quantitative estimate of drug-likeness (QED) is 0.923. The molecule has 1 heterocycles. The molecule has 112 valence electrons. The second-order valence-corrected chi connectivity index (χ2v) is 4.88. The first-order chi connectivity index (χ1) is 9.15. The van der Waals surface area contributed by atoms with Crippen LogP contribution < -0.4 is 5.73 Å². The average molecular weight is 303 g/mol. The fourth-order valence-corrected chi connectivity index (χ4v) is 2.37. The Hall–Kier alpha value is -1.17. The summed E-state index contributed by atoms with van der Waals surface area (Å²) in [6, 6.07) is 4.40. The minimum absolute atomic E-state index is 0. The molecule has 1 saturated heterocycles. The van der Waals surface area contributed by atoms with Crippen molar-refractivity contribution in [2.45, 2.75) is 13.0 Å². The van der Waals surface area contributed by atoms with Crippen molar-refractivity contribution >= 4 is 18.3 Å². The maximum Gasteiger partial charge on any atom is 0.253 e. The maximum atomic E-state index is 13.5. The van der Waals surface area contributed by atoms with E-state index in [0.717, 1.165) is 13.0 Å². The number of amides is 1. The third-order valence-electron chi connectivity index (χ3n) is 3.50. The van der Waals surface area contributed by atoms with Gasteiger partial charge in [-0.1, -0.05) is 0 Å². The lowest BCUT2D eigenvalue weighted by Gasteiger charge is -2.17. The van der Waals surface area contributed by atoms with Crippen molar-refractivity contribution < 1.29 is 13.9 Å². The van der Waals surface area contributed by atoms with Gasteiger partial charge in [0.1, 0.15) is 5.82 Å². The first-order valence-electron chi connectivity index (χ1n) is 6.42. The molecule has 0 radical (unpaired) electrons. The maximum absolute atomic E-state index is 13.5. The van der Waals surface area contributed by atoms with Crippen LogP contribution in [0.5, 0.6) is 0 Å². The van der Waals surface area contributed by atoms with Crippen LogP contribution in [0, 0.1) is 11.7 Å². The summed E-state index contributed by atoms with van der Waals surface area (Å²) in [5, 5.41) is 0. The summed E-state index contributed by atoms with van der Waals surface area (Å²) in [5.41, 5.74) is 6.53. The van der Waals surface area contributed by atoms with Crippen LogP contribution in [-0.4, -0.2) is 37.6 Å². The number of halogens is 2. The van der Waals surface area contributed by atoms with Gasteiger partial charge in [0.2, 0.25) is 0 Å². The molecule has 2 N–H and O–H groups in total. The lowest BCUT2D eigenvalue weighted by atomic mass is 10.1. The standard InChI is InChI=1S/C14H19FN2O2.ClH/c1-19-9-12-6-11(2-3-13(12)15)14(18)17-5-4-10(7-16)8-17;/h2-3,6,10H,4-5,7-9,16H2,1H3;1H. The summed E-state index contributed by atoms with van der Waals surface area (Å²) in [4.78, 5) is 14.1. The van der Waals surface area contributed by atoms with E-state index >= 15 is 0 Å². The van der Waals surface area contributed by atoms with Crippen LogP contribution in [-0.2, 0) is 11.3 Å². The summed E-state index contributed by atoms with van der Waals surface area (Å²) in [6.07, 6.45) is 0.939. The molecule has 2 rings (SSSR count). The highest BCUT2D eigenvalue weighted by molar-refractivity contribution is 5.94. The van der Waals surface area contributed by atoms with Crippen LogP contribution in [0.1, 0.15) is 22.3 Å². The second-order valence-electron chi connectivity index (χ2n) is 4.88. The van der Waals surface area contributed by atoms with E-state index in [4.69, 9.17) is 10.5 Å². The van der Waals surface area contributed by atoms with Gasteiger partial charge in [-0.05, 0) is 37.1 Å². The number of nitrogens with two attached hydrogens (primary N) is 1. The number of carbonyl (C=O) groups is 1. The largest absolute Gasteiger partial charge is 0.380 e. The zero-order valence-electron chi connectivity index (χ0n) is 11.5. The average Bonchev–Trinajstić information content (AvgIpc) is 2.89. The highest BCUT2D eigenvalue weighted by Crippen LogP contribution is 2.19. The van der Waals surface area contributed by atoms with E-state index in [9.17, 15) is 9.18 Å². The van der Waals surface area contributed by atoms with Gasteiger partial charge in [-0.15, -0.1) is 12.4 Å². The summed E-state index contributed by atoms with van der Waals surface area (Å²) in [5.74, 6) is -0.0317.